The third-order valence-electron chi connectivity index (χ3n) is 4.84. The van der Waals surface area contributed by atoms with Crippen molar-refractivity contribution >= 4 is 17.7 Å². The van der Waals surface area contributed by atoms with Crippen molar-refractivity contribution in [1.29, 1.82) is 0 Å². The fraction of sp³-hybridized carbons (Fsp3) is 0.318. The van der Waals surface area contributed by atoms with Gasteiger partial charge in [-0.2, -0.15) is 0 Å². The molecule has 2 aromatic rings. The highest BCUT2D eigenvalue weighted by Gasteiger charge is 2.20. The highest BCUT2D eigenvalue weighted by atomic mass is 16.5. The number of carbonyl (C=O) groups excluding carboxylic acids is 1. The Morgan fingerprint density at radius 2 is 1.77 bits per heavy atom. The van der Waals surface area contributed by atoms with Crippen molar-refractivity contribution in [1.82, 2.24) is 4.90 Å². The minimum absolute atomic E-state index is 0.0537. The molecule has 1 heterocycles. The molecule has 0 bridgehead atoms. The lowest BCUT2D eigenvalue weighted by molar-refractivity contribution is -0.126. The second-order valence-electron chi connectivity index (χ2n) is 6.68. The van der Waals surface area contributed by atoms with Gasteiger partial charge in [0.15, 0.2) is 0 Å². The molecular formula is C22H26N2O2. The predicted molar refractivity (Wildman–Crippen MR) is 107 cm³/mol. The topological polar surface area (TPSA) is 32.8 Å². The number of nitrogens with zero attached hydrogens (tertiary/aromatic N) is 2. The number of anilines is 1. The minimum atomic E-state index is 0.0537. The molecule has 4 heteroatoms. The molecule has 0 unspecified atom stereocenters. The monoisotopic (exact) mass is 350 g/mol. The van der Waals surface area contributed by atoms with E-state index in [1.165, 1.54) is 11.3 Å². The molecule has 0 N–H and O–H groups in total. The average molecular weight is 350 g/mol. The van der Waals surface area contributed by atoms with Crippen molar-refractivity contribution < 1.29 is 9.53 Å². The van der Waals surface area contributed by atoms with E-state index >= 15 is 0 Å². The molecule has 1 aliphatic heterocycles. The highest BCUT2D eigenvalue weighted by molar-refractivity contribution is 5.92. The van der Waals surface area contributed by atoms with Crippen LogP contribution in [0.4, 0.5) is 5.69 Å². The Morgan fingerprint density at radius 3 is 2.46 bits per heavy atom. The quantitative estimate of drug-likeness (QED) is 0.789. The summed E-state index contributed by atoms with van der Waals surface area (Å²) in [6, 6.07) is 14.4. The standard InChI is InChI=1S/C22H26N2O2/c1-17-8-10-21(26-3)19(16-17)9-11-22(25)24-14-12-23(13-15-24)20-7-5-4-6-18(20)2/h4-11,16H,12-15H2,1-3H3/b11-9+. The van der Waals surface area contributed by atoms with E-state index in [-0.39, 0.29) is 5.91 Å². The van der Waals surface area contributed by atoms with Crippen LogP contribution in [0.25, 0.3) is 6.08 Å². The molecule has 26 heavy (non-hydrogen) atoms. The van der Waals surface area contributed by atoms with Crippen LogP contribution < -0.4 is 9.64 Å². The average Bonchev–Trinajstić information content (AvgIpc) is 2.67. The predicted octanol–water partition coefficient (Wildman–Crippen LogP) is 3.67. The van der Waals surface area contributed by atoms with E-state index < -0.39 is 0 Å². The van der Waals surface area contributed by atoms with Crippen molar-refractivity contribution in [3.05, 3.63) is 65.2 Å². The molecule has 2 aromatic carbocycles. The lowest BCUT2D eigenvalue weighted by Gasteiger charge is -2.36. The first kappa shape index (κ1) is 18.1. The van der Waals surface area contributed by atoms with Gasteiger partial charge in [-0.05, 0) is 43.7 Å². The van der Waals surface area contributed by atoms with Crippen molar-refractivity contribution in [2.45, 2.75) is 13.8 Å². The number of methoxy groups -OCH3 is 1. The number of amides is 1. The van der Waals surface area contributed by atoms with Gasteiger partial charge in [0, 0.05) is 43.5 Å². The van der Waals surface area contributed by atoms with Crippen molar-refractivity contribution in [3.63, 3.8) is 0 Å². The molecule has 4 nitrogen and oxygen atoms in total. The molecule has 1 saturated heterocycles. The van der Waals surface area contributed by atoms with Crippen molar-refractivity contribution in [2.75, 3.05) is 38.2 Å². The van der Waals surface area contributed by atoms with Crippen LogP contribution in [0.3, 0.4) is 0 Å². The maximum Gasteiger partial charge on any atom is 0.246 e. The maximum absolute atomic E-state index is 12.5. The van der Waals surface area contributed by atoms with E-state index in [4.69, 9.17) is 4.74 Å². The first-order chi connectivity index (χ1) is 12.6. The molecule has 1 fully saturated rings. The van der Waals surface area contributed by atoms with Gasteiger partial charge in [0.2, 0.25) is 5.91 Å². The zero-order valence-electron chi connectivity index (χ0n) is 15.7. The van der Waals surface area contributed by atoms with Gasteiger partial charge in [0.05, 0.1) is 7.11 Å². The van der Waals surface area contributed by atoms with Gasteiger partial charge in [0.1, 0.15) is 5.75 Å². The number of ether oxygens (including phenoxy) is 1. The van der Waals surface area contributed by atoms with E-state index in [9.17, 15) is 4.79 Å². The molecule has 1 aliphatic rings. The number of hydrogen-bond donors (Lipinski definition) is 0. The van der Waals surface area contributed by atoms with Crippen LogP contribution in [-0.2, 0) is 4.79 Å². The Balaban J connectivity index is 1.62. The van der Waals surface area contributed by atoms with Crippen LogP contribution >= 0.6 is 0 Å². The molecule has 0 atom stereocenters. The van der Waals surface area contributed by atoms with Crippen molar-refractivity contribution in [3.8, 4) is 5.75 Å². The van der Waals surface area contributed by atoms with Crippen LogP contribution in [-0.4, -0.2) is 44.1 Å². The van der Waals surface area contributed by atoms with Gasteiger partial charge in [-0.1, -0.05) is 29.8 Å². The van der Waals surface area contributed by atoms with Gasteiger partial charge in [0.25, 0.3) is 0 Å². The molecular weight excluding hydrogens is 324 g/mol. The summed E-state index contributed by atoms with van der Waals surface area (Å²) < 4.78 is 5.37. The summed E-state index contributed by atoms with van der Waals surface area (Å²) in [4.78, 5) is 16.8. The SMILES string of the molecule is COc1ccc(C)cc1/C=C/C(=O)N1CCN(c2ccccc2C)CC1. The lowest BCUT2D eigenvalue weighted by atomic mass is 10.1. The summed E-state index contributed by atoms with van der Waals surface area (Å²) >= 11 is 0. The molecule has 0 radical (unpaired) electrons. The van der Waals surface area contributed by atoms with Crippen LogP contribution in [0, 0.1) is 13.8 Å². The summed E-state index contributed by atoms with van der Waals surface area (Å²) in [5, 5.41) is 0. The Kier molecular flexibility index (Phi) is 5.61. The molecule has 3 rings (SSSR count). The zero-order chi connectivity index (χ0) is 18.5. The van der Waals surface area contributed by atoms with Crippen LogP contribution in [0.2, 0.25) is 0 Å². The molecule has 0 saturated carbocycles. The number of rotatable bonds is 4. The second-order valence-corrected chi connectivity index (χ2v) is 6.68. The zero-order valence-corrected chi connectivity index (χ0v) is 15.7. The maximum atomic E-state index is 12.5. The van der Waals surface area contributed by atoms with Gasteiger partial charge in [-0.25, -0.2) is 0 Å². The van der Waals surface area contributed by atoms with Gasteiger partial charge in [-0.3, -0.25) is 4.79 Å². The van der Waals surface area contributed by atoms with Gasteiger partial charge in [-0.15, -0.1) is 0 Å². The Bertz CT molecular complexity index is 806. The van der Waals surface area contributed by atoms with Crippen molar-refractivity contribution in [2.24, 2.45) is 0 Å². The van der Waals surface area contributed by atoms with E-state index in [1.54, 1.807) is 13.2 Å². The van der Waals surface area contributed by atoms with Crippen LogP contribution in [0.5, 0.6) is 5.75 Å². The molecule has 136 valence electrons. The fourth-order valence-corrected chi connectivity index (χ4v) is 3.34. The normalized spacial score (nSPS) is 14.7. The first-order valence-corrected chi connectivity index (χ1v) is 9.00. The number of piperazine rings is 1. The summed E-state index contributed by atoms with van der Waals surface area (Å²) in [5.74, 6) is 0.835. The molecule has 1 amide bonds. The summed E-state index contributed by atoms with van der Waals surface area (Å²) in [6.07, 6.45) is 3.50. The lowest BCUT2D eigenvalue weighted by Crippen LogP contribution is -2.48. The number of aryl methyl sites for hydroxylation is 2. The van der Waals surface area contributed by atoms with Gasteiger partial charge >= 0.3 is 0 Å². The summed E-state index contributed by atoms with van der Waals surface area (Å²) in [7, 11) is 1.65. The Hall–Kier alpha value is -2.75. The van der Waals surface area contributed by atoms with Gasteiger partial charge < -0.3 is 14.5 Å². The van der Waals surface area contributed by atoms with E-state index in [2.05, 4.69) is 36.1 Å². The number of para-hydroxylation sites is 1. The van der Waals surface area contributed by atoms with E-state index in [1.807, 2.05) is 36.1 Å². The number of carbonyl (C=O) groups is 1. The number of benzene rings is 2. The van der Waals surface area contributed by atoms with Crippen LogP contribution in [0.15, 0.2) is 48.5 Å². The molecule has 0 spiro atoms. The summed E-state index contributed by atoms with van der Waals surface area (Å²) in [6.45, 7) is 7.36. The smallest absolute Gasteiger partial charge is 0.246 e. The van der Waals surface area contributed by atoms with E-state index in [0.717, 1.165) is 43.1 Å². The largest absolute Gasteiger partial charge is 0.496 e. The minimum Gasteiger partial charge on any atom is -0.496 e. The highest BCUT2D eigenvalue weighted by Crippen LogP contribution is 2.22. The van der Waals surface area contributed by atoms with E-state index in [0.29, 0.717) is 0 Å². The molecule has 0 aromatic heterocycles. The Labute approximate surface area is 155 Å². The first-order valence-electron chi connectivity index (χ1n) is 9.00. The molecule has 0 aliphatic carbocycles. The van der Waals surface area contributed by atoms with Crippen LogP contribution in [0.1, 0.15) is 16.7 Å². The Morgan fingerprint density at radius 1 is 1.04 bits per heavy atom. The third-order valence-corrected chi connectivity index (χ3v) is 4.84. The third kappa shape index (κ3) is 4.07. The fourth-order valence-electron chi connectivity index (χ4n) is 3.34. The summed E-state index contributed by atoms with van der Waals surface area (Å²) in [5.41, 5.74) is 4.61. The number of hydrogen-bond acceptors (Lipinski definition) is 3. The second kappa shape index (κ2) is 8.09.